The molecule has 1 saturated heterocycles. The van der Waals surface area contributed by atoms with E-state index in [0.717, 1.165) is 16.8 Å². The van der Waals surface area contributed by atoms with E-state index in [-0.39, 0.29) is 30.6 Å². The van der Waals surface area contributed by atoms with E-state index >= 15 is 0 Å². The maximum atomic E-state index is 12.8. The fourth-order valence-electron chi connectivity index (χ4n) is 3.88. The van der Waals surface area contributed by atoms with Gasteiger partial charge < -0.3 is 15.8 Å². The first-order chi connectivity index (χ1) is 15.7. The summed E-state index contributed by atoms with van der Waals surface area (Å²) in [6.45, 7) is 5.38. The number of amides is 1. The van der Waals surface area contributed by atoms with Crippen LogP contribution in [-0.4, -0.2) is 64.5 Å². The molecule has 33 heavy (non-hydrogen) atoms. The number of benzene rings is 1. The van der Waals surface area contributed by atoms with Gasteiger partial charge in [-0.25, -0.2) is 13.4 Å². The molecule has 0 aliphatic carbocycles. The smallest absolute Gasteiger partial charge is 0.254 e. The number of sulfonamides is 1. The second-order valence-corrected chi connectivity index (χ2v) is 9.90. The minimum Gasteiger partial charge on any atom is -0.379 e. The minimum atomic E-state index is -3.47. The zero-order chi connectivity index (χ0) is 23.6. The summed E-state index contributed by atoms with van der Waals surface area (Å²) in [4.78, 5) is 21.2. The summed E-state index contributed by atoms with van der Waals surface area (Å²) in [5.74, 6) is 0.185. The van der Waals surface area contributed by atoms with E-state index < -0.39 is 10.0 Å². The number of morpholine rings is 1. The molecule has 3 heterocycles. The zero-order valence-electron chi connectivity index (χ0n) is 18.6. The summed E-state index contributed by atoms with van der Waals surface area (Å²) >= 11 is 0. The lowest BCUT2D eigenvalue weighted by Gasteiger charge is -2.26. The van der Waals surface area contributed by atoms with E-state index in [1.54, 1.807) is 12.1 Å². The number of hydrogen-bond acceptors (Lipinski definition) is 8. The molecular weight excluding hydrogens is 446 g/mol. The maximum absolute atomic E-state index is 12.8. The lowest BCUT2D eigenvalue weighted by Crippen LogP contribution is -2.41. The number of aromatic nitrogens is 4. The molecule has 2 aromatic heterocycles. The third kappa shape index (κ3) is 5.13. The molecule has 1 amide bonds. The molecule has 3 N–H and O–H groups in total. The SMILES string of the molecule is Cc1nc2nc(N)nn2c(C)c1CC(=O)NCc1ccccc1CS(=O)(=O)N1CCOCC1. The Morgan fingerprint density at radius 1 is 1.15 bits per heavy atom. The Kier molecular flexibility index (Phi) is 6.58. The van der Waals surface area contributed by atoms with Crippen LogP contribution < -0.4 is 11.1 Å². The van der Waals surface area contributed by atoms with E-state index in [1.165, 1.54) is 8.82 Å². The molecule has 1 aliphatic heterocycles. The summed E-state index contributed by atoms with van der Waals surface area (Å²) in [5, 5.41) is 7.02. The Hall–Kier alpha value is -3.09. The summed E-state index contributed by atoms with van der Waals surface area (Å²) in [5.41, 5.74) is 9.25. The lowest BCUT2D eigenvalue weighted by molar-refractivity contribution is -0.120. The number of rotatable bonds is 7. The molecule has 0 unspecified atom stereocenters. The van der Waals surface area contributed by atoms with Crippen LogP contribution >= 0.6 is 0 Å². The second-order valence-electron chi connectivity index (χ2n) is 7.93. The van der Waals surface area contributed by atoms with Crippen molar-refractivity contribution in [3.8, 4) is 0 Å². The van der Waals surface area contributed by atoms with Crippen LogP contribution in [0.3, 0.4) is 0 Å². The fourth-order valence-corrected chi connectivity index (χ4v) is 5.44. The third-order valence-electron chi connectivity index (χ3n) is 5.70. The number of nitrogens with two attached hydrogens (primary N) is 1. The number of fused-ring (bicyclic) bond motifs is 1. The Morgan fingerprint density at radius 2 is 1.85 bits per heavy atom. The van der Waals surface area contributed by atoms with Crippen LogP contribution in [0.2, 0.25) is 0 Å². The number of carbonyl (C=O) groups is 1. The molecule has 1 aromatic carbocycles. The first-order valence-corrected chi connectivity index (χ1v) is 12.2. The van der Waals surface area contributed by atoms with Gasteiger partial charge in [-0.15, -0.1) is 5.10 Å². The normalized spacial score (nSPS) is 15.1. The molecule has 0 saturated carbocycles. The molecule has 4 rings (SSSR count). The Bertz CT molecular complexity index is 1280. The van der Waals surface area contributed by atoms with Crippen molar-refractivity contribution in [1.82, 2.24) is 29.2 Å². The van der Waals surface area contributed by atoms with Crippen molar-refractivity contribution < 1.29 is 17.9 Å². The fraction of sp³-hybridized carbons (Fsp3) is 0.429. The van der Waals surface area contributed by atoms with E-state index in [0.29, 0.717) is 43.3 Å². The highest BCUT2D eigenvalue weighted by Crippen LogP contribution is 2.18. The van der Waals surface area contributed by atoms with E-state index in [1.807, 2.05) is 26.0 Å². The second kappa shape index (κ2) is 9.41. The number of aryl methyl sites for hydroxylation is 2. The van der Waals surface area contributed by atoms with Gasteiger partial charge in [0.2, 0.25) is 21.9 Å². The van der Waals surface area contributed by atoms with Gasteiger partial charge in [0.15, 0.2) is 0 Å². The average molecular weight is 474 g/mol. The number of nitrogens with zero attached hydrogens (tertiary/aromatic N) is 5. The van der Waals surface area contributed by atoms with Crippen LogP contribution in [0.1, 0.15) is 28.1 Å². The molecule has 176 valence electrons. The molecule has 1 aliphatic rings. The van der Waals surface area contributed by atoms with Gasteiger partial charge in [-0.05, 0) is 25.0 Å². The van der Waals surface area contributed by atoms with Gasteiger partial charge in [0, 0.05) is 36.6 Å². The quantitative estimate of drug-likeness (QED) is 0.500. The van der Waals surface area contributed by atoms with Gasteiger partial charge in [0.25, 0.3) is 5.78 Å². The summed E-state index contributed by atoms with van der Waals surface area (Å²) < 4.78 is 33.9. The number of hydrogen-bond donors (Lipinski definition) is 2. The minimum absolute atomic E-state index is 0.106. The molecule has 0 atom stereocenters. The molecule has 11 nitrogen and oxygen atoms in total. The van der Waals surface area contributed by atoms with Crippen molar-refractivity contribution in [3.63, 3.8) is 0 Å². The summed E-state index contributed by atoms with van der Waals surface area (Å²) in [6, 6.07) is 7.23. The highest BCUT2D eigenvalue weighted by Gasteiger charge is 2.25. The van der Waals surface area contributed by atoms with E-state index in [2.05, 4.69) is 20.4 Å². The highest BCUT2D eigenvalue weighted by atomic mass is 32.2. The number of nitrogens with one attached hydrogen (secondary N) is 1. The zero-order valence-corrected chi connectivity index (χ0v) is 19.4. The highest BCUT2D eigenvalue weighted by molar-refractivity contribution is 7.88. The lowest BCUT2D eigenvalue weighted by atomic mass is 10.1. The number of ether oxygens (including phenoxy) is 1. The van der Waals surface area contributed by atoms with E-state index in [9.17, 15) is 13.2 Å². The number of nitrogen functional groups attached to an aromatic ring is 1. The standard InChI is InChI=1S/C21H27N7O4S/c1-14-18(15(2)28-21(24-14)25-20(22)26-28)11-19(29)23-12-16-5-3-4-6-17(16)13-33(30,31)27-7-9-32-10-8-27/h3-6H,7-13H2,1-2H3,(H2,22,26)(H,23,29). The largest absolute Gasteiger partial charge is 0.379 e. The average Bonchev–Trinajstić information content (AvgIpc) is 3.16. The van der Waals surface area contributed by atoms with Gasteiger partial charge in [-0.1, -0.05) is 24.3 Å². The van der Waals surface area contributed by atoms with Crippen molar-refractivity contribution in [1.29, 1.82) is 0 Å². The Balaban J connectivity index is 1.45. The number of carbonyl (C=O) groups excluding carboxylic acids is 1. The van der Waals surface area contributed by atoms with Gasteiger partial charge >= 0.3 is 0 Å². The summed E-state index contributed by atoms with van der Waals surface area (Å²) in [6.07, 6.45) is 0.106. The van der Waals surface area contributed by atoms with Crippen LogP contribution in [0.25, 0.3) is 5.78 Å². The van der Waals surface area contributed by atoms with Crippen molar-refractivity contribution >= 4 is 27.7 Å². The molecule has 12 heteroatoms. The number of anilines is 1. The van der Waals surface area contributed by atoms with Crippen LogP contribution in [-0.2, 0) is 38.3 Å². The van der Waals surface area contributed by atoms with E-state index in [4.69, 9.17) is 10.5 Å². The first-order valence-electron chi connectivity index (χ1n) is 10.6. The molecular formula is C21H27N7O4S. The Labute approximate surface area is 192 Å². The van der Waals surface area contributed by atoms with Gasteiger partial charge in [0.1, 0.15) is 0 Å². The van der Waals surface area contributed by atoms with Crippen molar-refractivity contribution in [2.24, 2.45) is 0 Å². The molecule has 3 aromatic rings. The molecule has 0 bridgehead atoms. The monoisotopic (exact) mass is 473 g/mol. The van der Waals surface area contributed by atoms with Crippen LogP contribution in [0, 0.1) is 13.8 Å². The van der Waals surface area contributed by atoms with Crippen LogP contribution in [0.15, 0.2) is 24.3 Å². The predicted octanol–water partition coefficient (Wildman–Crippen LogP) is 0.344. The van der Waals surface area contributed by atoms with Crippen LogP contribution in [0.5, 0.6) is 0 Å². The molecule has 1 fully saturated rings. The van der Waals surface area contributed by atoms with Crippen molar-refractivity contribution in [2.45, 2.75) is 32.6 Å². The topological polar surface area (TPSA) is 145 Å². The van der Waals surface area contributed by atoms with Gasteiger partial charge in [0.05, 0.1) is 25.4 Å². The molecule has 0 spiro atoms. The van der Waals surface area contributed by atoms with Crippen molar-refractivity contribution in [3.05, 3.63) is 52.3 Å². The first kappa shape index (κ1) is 23.1. The van der Waals surface area contributed by atoms with Crippen LogP contribution in [0.4, 0.5) is 5.95 Å². The Morgan fingerprint density at radius 3 is 2.58 bits per heavy atom. The molecule has 0 radical (unpaired) electrons. The van der Waals surface area contributed by atoms with Gasteiger partial charge in [-0.3, -0.25) is 4.79 Å². The summed E-state index contributed by atoms with van der Waals surface area (Å²) in [7, 11) is -3.47. The third-order valence-corrected chi connectivity index (χ3v) is 7.53. The predicted molar refractivity (Wildman–Crippen MR) is 122 cm³/mol. The van der Waals surface area contributed by atoms with Gasteiger partial charge in [-0.2, -0.15) is 13.8 Å². The van der Waals surface area contributed by atoms with Crippen molar-refractivity contribution in [2.75, 3.05) is 32.0 Å². The maximum Gasteiger partial charge on any atom is 0.254 e.